The van der Waals surface area contributed by atoms with Crippen molar-refractivity contribution < 1.29 is 20.1 Å². The van der Waals surface area contributed by atoms with Gasteiger partial charge in [-0.05, 0) is 64.2 Å². The number of hydrogen-bond acceptors (Lipinski definition) is 4. The van der Waals surface area contributed by atoms with Gasteiger partial charge in [-0.15, -0.1) is 0 Å². The highest BCUT2D eigenvalue weighted by molar-refractivity contribution is 5.76. The minimum Gasteiger partial charge on any atom is -0.394 e. The zero-order chi connectivity index (χ0) is 45.8. The van der Waals surface area contributed by atoms with Crippen LogP contribution in [0.3, 0.4) is 0 Å². The molecule has 5 heteroatoms. The summed E-state index contributed by atoms with van der Waals surface area (Å²) < 4.78 is 0. The molecule has 3 unspecified atom stereocenters. The lowest BCUT2D eigenvalue weighted by Crippen LogP contribution is -2.50. The Labute approximate surface area is 394 Å². The summed E-state index contributed by atoms with van der Waals surface area (Å²) in [5.74, 6) is -0.150. The van der Waals surface area contributed by atoms with Crippen LogP contribution in [0.4, 0.5) is 0 Å². The van der Waals surface area contributed by atoms with E-state index in [-0.39, 0.29) is 12.5 Å². The molecule has 374 valence electrons. The summed E-state index contributed by atoms with van der Waals surface area (Å²) in [6.07, 6.45) is 67.9. The molecule has 5 nitrogen and oxygen atoms in total. The molecule has 0 aliphatic rings. The van der Waals surface area contributed by atoms with E-state index in [0.29, 0.717) is 12.8 Å². The number of unbranched alkanes of at least 4 members (excludes halogenated alkanes) is 41. The molecule has 0 aromatic rings. The molecular formula is C58H113NO4. The van der Waals surface area contributed by atoms with E-state index in [1.54, 1.807) is 0 Å². The van der Waals surface area contributed by atoms with E-state index in [1.807, 2.05) is 0 Å². The summed E-state index contributed by atoms with van der Waals surface area (Å²) in [7, 11) is 0. The topological polar surface area (TPSA) is 89.8 Å². The maximum atomic E-state index is 12.5. The molecule has 0 aromatic heterocycles. The molecule has 0 saturated heterocycles. The normalized spacial score (nSPS) is 13.4. The number of allylic oxidation sites excluding steroid dienone is 4. The van der Waals surface area contributed by atoms with Crippen LogP contribution in [-0.2, 0) is 4.79 Å². The molecule has 0 aromatic carbocycles. The van der Waals surface area contributed by atoms with Crippen LogP contribution in [-0.4, -0.2) is 46.1 Å². The molecule has 0 aliphatic carbocycles. The first-order valence-corrected chi connectivity index (χ1v) is 28.6. The Morgan fingerprint density at radius 1 is 0.381 bits per heavy atom. The van der Waals surface area contributed by atoms with Gasteiger partial charge in [0.15, 0.2) is 0 Å². The van der Waals surface area contributed by atoms with Crippen molar-refractivity contribution in [2.24, 2.45) is 0 Å². The number of carbonyl (C=O) groups excluding carboxylic acids is 1. The Hall–Kier alpha value is -1.17. The van der Waals surface area contributed by atoms with Crippen LogP contribution < -0.4 is 5.32 Å². The van der Waals surface area contributed by atoms with Gasteiger partial charge in [0, 0.05) is 6.42 Å². The molecule has 63 heavy (non-hydrogen) atoms. The predicted octanol–water partition coefficient (Wildman–Crippen LogP) is 17.7. The summed E-state index contributed by atoms with van der Waals surface area (Å²) in [6.45, 7) is 4.18. The van der Waals surface area contributed by atoms with Gasteiger partial charge in [0.25, 0.3) is 0 Å². The average Bonchev–Trinajstić information content (AvgIpc) is 3.29. The van der Waals surface area contributed by atoms with Gasteiger partial charge in [0.05, 0.1) is 18.8 Å². The van der Waals surface area contributed by atoms with Gasteiger partial charge in [-0.25, -0.2) is 0 Å². The van der Waals surface area contributed by atoms with Crippen LogP contribution in [0.2, 0.25) is 0 Å². The third-order valence-electron chi connectivity index (χ3n) is 13.5. The van der Waals surface area contributed by atoms with Crippen molar-refractivity contribution in [2.75, 3.05) is 6.61 Å². The van der Waals surface area contributed by atoms with Gasteiger partial charge in [-0.2, -0.15) is 0 Å². The van der Waals surface area contributed by atoms with Crippen molar-refractivity contribution in [2.45, 2.75) is 334 Å². The SMILES string of the molecule is CCCCCCCCC/C=C/CCCC(O)C(O)C(CO)NC(=O)CCCCCCCCCCCCCCCCCCC/C=C\CCCCCCCCCCCCCCCCCC. The summed E-state index contributed by atoms with van der Waals surface area (Å²) in [5.41, 5.74) is 0. The molecule has 0 rings (SSSR count). The van der Waals surface area contributed by atoms with Crippen molar-refractivity contribution in [3.05, 3.63) is 24.3 Å². The fourth-order valence-electron chi connectivity index (χ4n) is 9.10. The Morgan fingerprint density at radius 2 is 0.635 bits per heavy atom. The van der Waals surface area contributed by atoms with E-state index in [4.69, 9.17) is 0 Å². The van der Waals surface area contributed by atoms with E-state index < -0.39 is 18.2 Å². The lowest BCUT2D eigenvalue weighted by molar-refractivity contribution is -0.124. The molecule has 1 amide bonds. The van der Waals surface area contributed by atoms with Crippen LogP contribution in [0.1, 0.15) is 316 Å². The number of nitrogens with one attached hydrogen (secondary N) is 1. The summed E-state index contributed by atoms with van der Waals surface area (Å²) >= 11 is 0. The van der Waals surface area contributed by atoms with E-state index >= 15 is 0 Å². The molecule has 0 heterocycles. The van der Waals surface area contributed by atoms with Gasteiger partial charge in [0.2, 0.25) is 5.91 Å². The van der Waals surface area contributed by atoms with E-state index in [1.165, 1.54) is 250 Å². The first kappa shape index (κ1) is 61.8. The van der Waals surface area contributed by atoms with E-state index in [0.717, 1.165) is 38.5 Å². The quantitative estimate of drug-likeness (QED) is 0.0362. The molecule has 0 saturated carbocycles. The first-order valence-electron chi connectivity index (χ1n) is 28.6. The lowest BCUT2D eigenvalue weighted by atomic mass is 10.0. The number of aliphatic hydroxyl groups is 3. The molecular weight excluding hydrogens is 775 g/mol. The predicted molar refractivity (Wildman–Crippen MR) is 278 cm³/mol. The molecule has 4 N–H and O–H groups in total. The van der Waals surface area contributed by atoms with Gasteiger partial charge in [0.1, 0.15) is 6.10 Å². The molecule has 0 fully saturated rings. The monoisotopic (exact) mass is 888 g/mol. The summed E-state index contributed by atoms with van der Waals surface area (Å²) in [5, 5.41) is 33.6. The van der Waals surface area contributed by atoms with Gasteiger partial charge >= 0.3 is 0 Å². The van der Waals surface area contributed by atoms with Crippen molar-refractivity contribution >= 4 is 5.91 Å². The van der Waals surface area contributed by atoms with Crippen molar-refractivity contribution in [3.8, 4) is 0 Å². The third-order valence-corrected chi connectivity index (χ3v) is 13.5. The van der Waals surface area contributed by atoms with Crippen molar-refractivity contribution in [1.29, 1.82) is 0 Å². The Morgan fingerprint density at radius 3 is 0.921 bits per heavy atom. The van der Waals surface area contributed by atoms with Gasteiger partial charge < -0.3 is 20.6 Å². The number of aliphatic hydroxyl groups excluding tert-OH is 3. The van der Waals surface area contributed by atoms with Crippen LogP contribution >= 0.6 is 0 Å². The zero-order valence-corrected chi connectivity index (χ0v) is 42.7. The van der Waals surface area contributed by atoms with Crippen LogP contribution in [0.15, 0.2) is 24.3 Å². The highest BCUT2D eigenvalue weighted by atomic mass is 16.3. The van der Waals surface area contributed by atoms with Crippen molar-refractivity contribution in [3.63, 3.8) is 0 Å². The second-order valence-electron chi connectivity index (χ2n) is 19.8. The minimum absolute atomic E-state index is 0.150. The van der Waals surface area contributed by atoms with Gasteiger partial charge in [-0.1, -0.05) is 269 Å². The van der Waals surface area contributed by atoms with Crippen LogP contribution in [0, 0.1) is 0 Å². The fraction of sp³-hybridized carbons (Fsp3) is 0.914. The number of rotatable bonds is 53. The number of amides is 1. The maximum absolute atomic E-state index is 12.5. The highest BCUT2D eigenvalue weighted by Gasteiger charge is 2.26. The Kier molecular flexibility index (Phi) is 52.5. The second kappa shape index (κ2) is 53.4. The Bertz CT molecular complexity index is 936. The molecule has 0 spiro atoms. The maximum Gasteiger partial charge on any atom is 0.220 e. The minimum atomic E-state index is -1.16. The van der Waals surface area contributed by atoms with Crippen LogP contribution in [0.5, 0.6) is 0 Å². The van der Waals surface area contributed by atoms with E-state index in [2.05, 4.69) is 43.5 Å². The largest absolute Gasteiger partial charge is 0.394 e. The lowest BCUT2D eigenvalue weighted by Gasteiger charge is -2.26. The first-order chi connectivity index (χ1) is 31.1. The summed E-state index contributed by atoms with van der Waals surface area (Å²) in [6, 6.07) is -0.823. The number of hydrogen-bond donors (Lipinski definition) is 4. The van der Waals surface area contributed by atoms with Crippen LogP contribution in [0.25, 0.3) is 0 Å². The third kappa shape index (κ3) is 48.6. The zero-order valence-electron chi connectivity index (χ0n) is 42.7. The molecule has 0 radical (unpaired) electrons. The Balaban J connectivity index is 3.43. The molecule has 0 bridgehead atoms. The fourth-order valence-corrected chi connectivity index (χ4v) is 9.10. The second-order valence-corrected chi connectivity index (χ2v) is 19.8. The van der Waals surface area contributed by atoms with Gasteiger partial charge in [-0.3, -0.25) is 4.79 Å². The van der Waals surface area contributed by atoms with E-state index in [9.17, 15) is 20.1 Å². The standard InChI is InChI=1S/C58H113NO4/c1-3-5-7-9-11-13-15-17-18-19-20-21-22-23-24-25-26-27-28-29-30-31-32-33-34-35-36-37-38-39-40-41-43-45-47-49-51-53-57(62)59-55(54-60)58(63)56(61)52-50-48-46-44-42-16-14-12-10-8-6-4-2/h27-28,44,46,55-56,58,60-61,63H,3-26,29-43,45,47-54H2,1-2H3,(H,59,62)/b28-27-,46-44+. The smallest absolute Gasteiger partial charge is 0.220 e. The average molecular weight is 889 g/mol. The highest BCUT2D eigenvalue weighted by Crippen LogP contribution is 2.17. The summed E-state index contributed by atoms with van der Waals surface area (Å²) in [4.78, 5) is 12.5. The number of carbonyl (C=O) groups is 1. The molecule has 3 atom stereocenters. The molecule has 0 aliphatic heterocycles. The van der Waals surface area contributed by atoms with Crippen molar-refractivity contribution in [1.82, 2.24) is 5.32 Å².